The quantitative estimate of drug-likeness (QED) is 0.902. The number of fused-ring (bicyclic) bond motifs is 3. The molecular formula is C16H20N4O. The van der Waals surface area contributed by atoms with Gasteiger partial charge in [-0.25, -0.2) is 4.98 Å². The molecule has 2 aromatic rings. The third-order valence-corrected chi connectivity index (χ3v) is 4.69. The van der Waals surface area contributed by atoms with Crippen molar-refractivity contribution in [2.75, 3.05) is 13.1 Å². The van der Waals surface area contributed by atoms with E-state index >= 15 is 0 Å². The van der Waals surface area contributed by atoms with Gasteiger partial charge in [-0.2, -0.15) is 0 Å². The Balaban J connectivity index is 1.54. The van der Waals surface area contributed by atoms with Gasteiger partial charge in [-0.15, -0.1) is 0 Å². The molecule has 110 valence electrons. The van der Waals surface area contributed by atoms with Crippen molar-refractivity contribution in [3.05, 3.63) is 36.3 Å². The summed E-state index contributed by atoms with van der Waals surface area (Å²) in [5.74, 6) is 0.231. The van der Waals surface area contributed by atoms with Crippen molar-refractivity contribution < 1.29 is 4.79 Å². The number of nitrogens with zero attached hydrogens (tertiary/aromatic N) is 3. The molecule has 5 heteroatoms. The van der Waals surface area contributed by atoms with Gasteiger partial charge in [0.2, 0.25) is 5.91 Å². The normalized spacial score (nSPS) is 25.2. The number of nitrogens with one attached hydrogen (secondary N) is 1. The first-order valence-electron chi connectivity index (χ1n) is 7.76. The van der Waals surface area contributed by atoms with Gasteiger partial charge in [0.15, 0.2) is 0 Å². The molecule has 2 aromatic heterocycles. The Morgan fingerprint density at radius 2 is 2.19 bits per heavy atom. The van der Waals surface area contributed by atoms with Crippen LogP contribution in [0.4, 0.5) is 0 Å². The molecule has 0 radical (unpaired) electrons. The lowest BCUT2D eigenvalue weighted by Gasteiger charge is -2.27. The molecule has 4 heterocycles. The van der Waals surface area contributed by atoms with Crippen LogP contribution in [-0.4, -0.2) is 45.4 Å². The van der Waals surface area contributed by atoms with Gasteiger partial charge in [0.1, 0.15) is 5.65 Å². The fourth-order valence-corrected chi connectivity index (χ4v) is 3.71. The van der Waals surface area contributed by atoms with Crippen molar-refractivity contribution in [3.8, 4) is 0 Å². The SMILES string of the molecule is O=C(Cc1cn2ccccc2n1)N1C2CCNCC1CC2. The summed E-state index contributed by atoms with van der Waals surface area (Å²) in [6, 6.07) is 6.71. The highest BCUT2D eigenvalue weighted by Gasteiger charge is 2.37. The summed E-state index contributed by atoms with van der Waals surface area (Å²) in [6.07, 6.45) is 7.71. The van der Waals surface area contributed by atoms with Gasteiger partial charge in [0, 0.05) is 31.0 Å². The summed E-state index contributed by atoms with van der Waals surface area (Å²) in [6.45, 7) is 1.96. The van der Waals surface area contributed by atoms with Crippen molar-refractivity contribution in [2.45, 2.75) is 37.8 Å². The minimum absolute atomic E-state index is 0.231. The lowest BCUT2D eigenvalue weighted by atomic mass is 10.1. The summed E-state index contributed by atoms with van der Waals surface area (Å²) >= 11 is 0. The molecule has 0 aromatic carbocycles. The van der Waals surface area contributed by atoms with Crippen molar-refractivity contribution in [3.63, 3.8) is 0 Å². The van der Waals surface area contributed by atoms with Gasteiger partial charge in [0.25, 0.3) is 0 Å². The molecule has 2 saturated heterocycles. The van der Waals surface area contributed by atoms with E-state index in [0.29, 0.717) is 18.5 Å². The second kappa shape index (κ2) is 5.15. The van der Waals surface area contributed by atoms with Crippen LogP contribution in [0.25, 0.3) is 5.65 Å². The zero-order valence-corrected chi connectivity index (χ0v) is 12.0. The van der Waals surface area contributed by atoms with Crippen molar-refractivity contribution >= 4 is 11.6 Å². The zero-order valence-electron chi connectivity index (χ0n) is 12.0. The van der Waals surface area contributed by atoms with Crippen LogP contribution in [0, 0.1) is 0 Å². The van der Waals surface area contributed by atoms with Gasteiger partial charge in [-0.1, -0.05) is 6.07 Å². The molecule has 2 atom stereocenters. The lowest BCUT2D eigenvalue weighted by Crippen LogP contribution is -2.43. The first-order valence-corrected chi connectivity index (χ1v) is 7.76. The summed E-state index contributed by atoms with van der Waals surface area (Å²) in [7, 11) is 0. The largest absolute Gasteiger partial charge is 0.335 e. The molecule has 4 rings (SSSR count). The number of aromatic nitrogens is 2. The van der Waals surface area contributed by atoms with Gasteiger partial charge >= 0.3 is 0 Å². The summed E-state index contributed by atoms with van der Waals surface area (Å²) in [4.78, 5) is 19.4. The Morgan fingerprint density at radius 3 is 3.10 bits per heavy atom. The van der Waals surface area contributed by atoms with Gasteiger partial charge in [0.05, 0.1) is 12.1 Å². The minimum Gasteiger partial charge on any atom is -0.335 e. The first kappa shape index (κ1) is 12.8. The van der Waals surface area contributed by atoms with E-state index in [1.807, 2.05) is 35.0 Å². The standard InChI is InChI=1S/C16H20N4O/c21-16(20-13-4-5-14(20)10-17-7-6-13)9-12-11-19-8-2-1-3-15(19)18-12/h1-3,8,11,13-14,17H,4-7,9-10H2. The van der Waals surface area contributed by atoms with Crippen molar-refractivity contribution in [2.24, 2.45) is 0 Å². The maximum absolute atomic E-state index is 12.7. The highest BCUT2D eigenvalue weighted by Crippen LogP contribution is 2.28. The predicted molar refractivity (Wildman–Crippen MR) is 80.0 cm³/mol. The molecule has 2 unspecified atom stereocenters. The first-order chi connectivity index (χ1) is 10.3. The van der Waals surface area contributed by atoms with Gasteiger partial charge in [-0.05, 0) is 37.9 Å². The van der Waals surface area contributed by atoms with Crippen LogP contribution in [0.2, 0.25) is 0 Å². The summed E-state index contributed by atoms with van der Waals surface area (Å²) in [5, 5.41) is 3.44. The molecule has 2 aliphatic rings. The van der Waals surface area contributed by atoms with Gasteiger partial charge < -0.3 is 14.6 Å². The molecule has 2 aliphatic heterocycles. The number of carbonyl (C=O) groups is 1. The van der Waals surface area contributed by atoms with E-state index in [1.165, 1.54) is 0 Å². The Hall–Kier alpha value is -1.88. The van der Waals surface area contributed by atoms with Crippen molar-refractivity contribution in [1.82, 2.24) is 19.6 Å². The molecule has 1 amide bonds. The third-order valence-electron chi connectivity index (χ3n) is 4.69. The lowest BCUT2D eigenvalue weighted by molar-refractivity contribution is -0.133. The number of hydrogen-bond acceptors (Lipinski definition) is 3. The third kappa shape index (κ3) is 2.31. The molecule has 2 bridgehead atoms. The molecule has 21 heavy (non-hydrogen) atoms. The number of rotatable bonds is 2. The van der Waals surface area contributed by atoms with Crippen LogP contribution in [0.15, 0.2) is 30.6 Å². The highest BCUT2D eigenvalue weighted by molar-refractivity contribution is 5.79. The molecule has 2 fully saturated rings. The van der Waals surface area contributed by atoms with Crippen LogP contribution in [0.3, 0.4) is 0 Å². The number of amides is 1. The number of hydrogen-bond donors (Lipinski definition) is 1. The van der Waals surface area contributed by atoms with Crippen LogP contribution in [-0.2, 0) is 11.2 Å². The van der Waals surface area contributed by atoms with E-state index in [9.17, 15) is 4.79 Å². The summed E-state index contributed by atoms with van der Waals surface area (Å²) < 4.78 is 1.97. The highest BCUT2D eigenvalue weighted by atomic mass is 16.2. The molecule has 0 aliphatic carbocycles. The Labute approximate surface area is 124 Å². The topological polar surface area (TPSA) is 49.6 Å². The van der Waals surface area contributed by atoms with Crippen LogP contribution < -0.4 is 5.32 Å². The van der Waals surface area contributed by atoms with E-state index in [0.717, 1.165) is 43.7 Å². The molecule has 5 nitrogen and oxygen atoms in total. The Kier molecular flexibility index (Phi) is 3.15. The maximum Gasteiger partial charge on any atom is 0.229 e. The van der Waals surface area contributed by atoms with E-state index < -0.39 is 0 Å². The van der Waals surface area contributed by atoms with Crippen LogP contribution in [0.1, 0.15) is 25.0 Å². The number of pyridine rings is 1. The van der Waals surface area contributed by atoms with Crippen LogP contribution >= 0.6 is 0 Å². The number of imidazole rings is 1. The zero-order chi connectivity index (χ0) is 14.2. The minimum atomic E-state index is 0.231. The predicted octanol–water partition coefficient (Wildman–Crippen LogP) is 1.23. The monoisotopic (exact) mass is 284 g/mol. The Bertz CT molecular complexity index is 618. The Morgan fingerprint density at radius 1 is 1.29 bits per heavy atom. The van der Waals surface area contributed by atoms with Crippen LogP contribution in [0.5, 0.6) is 0 Å². The molecule has 0 spiro atoms. The molecule has 0 saturated carbocycles. The molecule has 1 N–H and O–H groups in total. The van der Waals surface area contributed by atoms with Gasteiger partial charge in [-0.3, -0.25) is 4.79 Å². The smallest absolute Gasteiger partial charge is 0.229 e. The fraction of sp³-hybridized carbons (Fsp3) is 0.500. The maximum atomic E-state index is 12.7. The van der Waals surface area contributed by atoms with Crippen molar-refractivity contribution in [1.29, 1.82) is 0 Å². The van der Waals surface area contributed by atoms with E-state index in [2.05, 4.69) is 15.2 Å². The second-order valence-corrected chi connectivity index (χ2v) is 6.05. The van der Waals surface area contributed by atoms with E-state index in [4.69, 9.17) is 0 Å². The van der Waals surface area contributed by atoms with E-state index in [1.54, 1.807) is 0 Å². The number of carbonyl (C=O) groups excluding carboxylic acids is 1. The van der Waals surface area contributed by atoms with E-state index in [-0.39, 0.29) is 5.91 Å². The average Bonchev–Trinajstić information content (AvgIpc) is 2.97. The molecular weight excluding hydrogens is 264 g/mol. The second-order valence-electron chi connectivity index (χ2n) is 6.05. The fourth-order valence-electron chi connectivity index (χ4n) is 3.71. The average molecular weight is 284 g/mol. The summed E-state index contributed by atoms with van der Waals surface area (Å²) in [5.41, 5.74) is 1.77.